The van der Waals surface area contributed by atoms with Gasteiger partial charge in [0.15, 0.2) is 0 Å². The standard InChI is InChI=1S/2C14H17.C6H4Cl.2ClH.Si.Zr/c2*1-9(2)12-6-5-11(4)13-7-10(3)8-14(12)13;7-6-4-2-1-3-5-6;;;;/h2*5-9H,1-4H3;2-5H;2*1H;;/q3*-1;;;;. The Bertz CT molecular complexity index is 1330. The maximum atomic E-state index is 5.52. The molecule has 0 fully saturated rings. The quantitative estimate of drug-likeness (QED) is 0.129. The van der Waals surface area contributed by atoms with Gasteiger partial charge in [-0.05, 0) is 11.8 Å². The van der Waals surface area contributed by atoms with Crippen molar-refractivity contribution >= 4 is 64.8 Å². The predicted molar refractivity (Wildman–Crippen MR) is 177 cm³/mol. The monoisotopic (exact) mass is 671 g/mol. The average Bonchev–Trinajstić information content (AvgIpc) is 3.45. The molecule has 5 aromatic rings. The summed E-state index contributed by atoms with van der Waals surface area (Å²) in [5.41, 5.74) is 8.46. The summed E-state index contributed by atoms with van der Waals surface area (Å²) in [5, 5.41) is 6.50. The van der Waals surface area contributed by atoms with Gasteiger partial charge in [-0.1, -0.05) is 83.7 Å². The summed E-state index contributed by atoms with van der Waals surface area (Å²) in [6.45, 7) is 20.8. The molecule has 0 aliphatic rings. The molecule has 0 saturated heterocycles. The predicted octanol–water partition coefficient (Wildman–Crippen LogP) is 11.2. The van der Waals surface area contributed by atoms with E-state index in [-0.39, 0.29) is 24.8 Å². The van der Waals surface area contributed by atoms with Gasteiger partial charge in [0.2, 0.25) is 0 Å². The Hall–Kier alpha value is -1.15. The molecular weight excluding hydrogens is 634 g/mol. The number of hydrogen-bond donors (Lipinski definition) is 0. The molecule has 0 amide bonds. The molecule has 0 unspecified atom stereocenters. The summed E-state index contributed by atoms with van der Waals surface area (Å²) in [7, 11) is 0. The Balaban J connectivity index is 0.000000549. The van der Waals surface area contributed by atoms with E-state index in [2.05, 4.69) is 117 Å². The van der Waals surface area contributed by atoms with Crippen molar-refractivity contribution < 1.29 is 23.3 Å². The van der Waals surface area contributed by atoms with Crippen molar-refractivity contribution in [1.82, 2.24) is 0 Å². The number of fused-ring (bicyclic) bond motifs is 2. The van der Waals surface area contributed by atoms with Gasteiger partial charge in [0, 0.05) is 0 Å². The van der Waals surface area contributed by atoms with Crippen molar-refractivity contribution in [2.24, 2.45) is 0 Å². The zero-order valence-electron chi connectivity index (χ0n) is 24.3. The minimum absolute atomic E-state index is 0. The van der Waals surface area contributed by atoms with Gasteiger partial charge >= 0.3 is 30.2 Å². The van der Waals surface area contributed by atoms with Crippen LogP contribution >= 0.6 is 36.4 Å². The van der Waals surface area contributed by atoms with Crippen molar-refractivity contribution in [1.29, 1.82) is 0 Å². The van der Waals surface area contributed by atoms with Gasteiger partial charge in [-0.25, -0.2) is 0 Å². The van der Waals surface area contributed by atoms with Gasteiger partial charge in [0.1, 0.15) is 0 Å². The van der Waals surface area contributed by atoms with E-state index in [9.17, 15) is 0 Å². The van der Waals surface area contributed by atoms with E-state index in [4.69, 9.17) is 11.6 Å². The van der Waals surface area contributed by atoms with Crippen LogP contribution in [-0.2, 0) is 23.3 Å². The van der Waals surface area contributed by atoms with Crippen molar-refractivity contribution in [2.75, 3.05) is 0 Å². The number of rotatable bonds is 2. The second-order valence-corrected chi connectivity index (χ2v) is 10.6. The second kappa shape index (κ2) is 18.3. The van der Waals surface area contributed by atoms with Gasteiger partial charge in [-0.15, -0.1) is 104 Å². The molecule has 0 saturated carbocycles. The fraction of sp³-hybridized carbons (Fsp3) is 0.294. The van der Waals surface area contributed by atoms with Crippen LogP contribution in [-0.4, -0.2) is 6.88 Å². The first-order chi connectivity index (χ1) is 17.6. The zero-order chi connectivity index (χ0) is 27.7. The van der Waals surface area contributed by atoms with Gasteiger partial charge in [-0.3, -0.25) is 0 Å². The SMILES string of the molecule is Cc1cc2c(C(C)C)ccc(C)c2[cH-]1.Cc1cc2c(C(C)C)ccc(C)c2[cH-]1.Cl.Cl.Clc1cc[c-]cc1.[Si]=[Zr]. The molecule has 5 aromatic carbocycles. The molecule has 0 spiro atoms. The number of benzene rings is 3. The molecule has 0 bridgehead atoms. The van der Waals surface area contributed by atoms with Gasteiger partial charge in [-0.2, -0.15) is 42.5 Å². The molecule has 0 aromatic heterocycles. The Morgan fingerprint density at radius 2 is 1.03 bits per heavy atom. The third-order valence-electron chi connectivity index (χ3n) is 6.49. The van der Waals surface area contributed by atoms with E-state index in [1.54, 1.807) is 24.3 Å². The van der Waals surface area contributed by atoms with E-state index in [1.165, 1.54) is 78.3 Å². The van der Waals surface area contributed by atoms with Gasteiger partial charge < -0.3 is 0 Å². The van der Waals surface area contributed by atoms with E-state index in [1.807, 2.05) is 0 Å². The Labute approximate surface area is 270 Å². The Kier molecular flexibility index (Phi) is 17.8. The fourth-order valence-electron chi connectivity index (χ4n) is 4.60. The topological polar surface area (TPSA) is 0 Å². The van der Waals surface area contributed by atoms with Crippen LogP contribution < -0.4 is 0 Å². The van der Waals surface area contributed by atoms with E-state index >= 15 is 0 Å². The zero-order valence-corrected chi connectivity index (χ0v) is 30.1. The Morgan fingerprint density at radius 3 is 1.31 bits per heavy atom. The van der Waals surface area contributed by atoms with Gasteiger partial charge in [0.05, 0.1) is 0 Å². The molecule has 5 heteroatoms. The molecule has 0 heterocycles. The Morgan fingerprint density at radius 1 is 0.667 bits per heavy atom. The second-order valence-electron chi connectivity index (χ2n) is 10.2. The van der Waals surface area contributed by atoms with Crippen LogP contribution in [0.2, 0.25) is 5.02 Å². The molecule has 0 aliphatic heterocycles. The molecular formula is C34H40Cl3SiZr-3. The van der Waals surface area contributed by atoms with E-state index < -0.39 is 0 Å². The third-order valence-corrected chi connectivity index (χ3v) is 6.74. The average molecular weight is 674 g/mol. The van der Waals surface area contributed by atoms with E-state index in [0.717, 1.165) is 5.02 Å². The van der Waals surface area contributed by atoms with E-state index in [0.29, 0.717) is 11.8 Å². The van der Waals surface area contributed by atoms with Crippen molar-refractivity contribution in [3.05, 3.63) is 117 Å². The number of aryl methyl sites for hydroxylation is 4. The van der Waals surface area contributed by atoms with Crippen LogP contribution in [0.3, 0.4) is 0 Å². The van der Waals surface area contributed by atoms with Crippen LogP contribution in [0.5, 0.6) is 0 Å². The molecule has 39 heavy (non-hydrogen) atoms. The molecule has 0 N–H and O–H groups in total. The molecule has 5 rings (SSSR count). The first kappa shape index (κ1) is 37.9. The van der Waals surface area contributed by atoms with Crippen molar-refractivity contribution in [2.45, 2.75) is 67.2 Å². The molecule has 2 radical (unpaired) electrons. The van der Waals surface area contributed by atoms with Crippen LogP contribution in [0.25, 0.3) is 21.5 Å². The van der Waals surface area contributed by atoms with Gasteiger partial charge in [0.25, 0.3) is 0 Å². The van der Waals surface area contributed by atoms with Crippen LogP contribution in [0, 0.1) is 33.8 Å². The summed E-state index contributed by atoms with van der Waals surface area (Å²) in [4.78, 5) is 0. The summed E-state index contributed by atoms with van der Waals surface area (Å²) in [6.07, 6.45) is 0. The minimum atomic E-state index is 0. The molecule has 208 valence electrons. The number of hydrogen-bond acceptors (Lipinski definition) is 0. The van der Waals surface area contributed by atoms with Crippen LogP contribution in [0.4, 0.5) is 0 Å². The number of halogens is 3. The normalized spacial score (nSPS) is 9.90. The molecule has 0 nitrogen and oxygen atoms in total. The van der Waals surface area contributed by atoms with Crippen LogP contribution in [0.15, 0.2) is 72.8 Å². The van der Waals surface area contributed by atoms with Crippen molar-refractivity contribution in [3.8, 4) is 0 Å². The first-order valence-corrected chi connectivity index (χ1v) is 17.3. The maximum absolute atomic E-state index is 5.52. The third kappa shape index (κ3) is 10.6. The summed E-state index contributed by atoms with van der Waals surface area (Å²) >= 11 is 6.88. The van der Waals surface area contributed by atoms with Crippen molar-refractivity contribution in [3.63, 3.8) is 0 Å². The summed E-state index contributed by atoms with van der Waals surface area (Å²) in [6, 6.07) is 28.2. The van der Waals surface area contributed by atoms with Crippen LogP contribution in [0.1, 0.15) is 72.9 Å². The first-order valence-electron chi connectivity index (χ1n) is 12.8. The summed E-state index contributed by atoms with van der Waals surface area (Å²) < 4.78 is 0. The fourth-order valence-corrected chi connectivity index (χ4v) is 4.72. The molecule has 0 aliphatic carbocycles. The molecule has 0 atom stereocenters. The summed E-state index contributed by atoms with van der Waals surface area (Å²) in [5.74, 6) is 1.22.